The second-order valence-corrected chi connectivity index (χ2v) is 9.87. The van der Waals surface area contributed by atoms with Crippen LogP contribution in [0.25, 0.3) is 0 Å². The number of ether oxygens (including phenoxy) is 1. The van der Waals surface area contributed by atoms with Crippen molar-refractivity contribution < 1.29 is 22.7 Å². The van der Waals surface area contributed by atoms with Crippen molar-refractivity contribution in [2.24, 2.45) is 5.92 Å². The Kier molecular flexibility index (Phi) is 8.66. The molecule has 9 heteroatoms. The van der Waals surface area contributed by atoms with Crippen LogP contribution in [0.4, 0.5) is 0 Å². The van der Waals surface area contributed by atoms with E-state index in [2.05, 4.69) is 10.9 Å². The smallest absolute Gasteiger partial charge is 0.279 e. The van der Waals surface area contributed by atoms with Crippen LogP contribution in [0.3, 0.4) is 0 Å². The number of amides is 2. The summed E-state index contributed by atoms with van der Waals surface area (Å²) in [4.78, 5) is 24.7. The number of carbonyl (C=O) groups excluding carboxylic acids is 2. The molecule has 0 spiro atoms. The van der Waals surface area contributed by atoms with Crippen molar-refractivity contribution in [2.75, 3.05) is 18.8 Å². The quantitative estimate of drug-likeness (QED) is 0.603. The number of aryl methyl sites for hydroxylation is 1. The third-order valence-electron chi connectivity index (χ3n) is 5.51. The Bertz CT molecular complexity index is 848. The van der Waals surface area contributed by atoms with Crippen LogP contribution in [0.5, 0.6) is 5.75 Å². The Labute approximate surface area is 179 Å². The van der Waals surface area contributed by atoms with Gasteiger partial charge in [-0.05, 0) is 57.2 Å². The predicted octanol–water partition coefficient (Wildman–Crippen LogP) is 2.06. The molecule has 1 aromatic rings. The normalized spacial score (nSPS) is 16.7. The standard InChI is InChI=1S/C21H33N3O5S/c1-5-6-14-30(27,28)24-12-10-18(11-13-24)21(26)23-22-20(25)17(4)29-19-9-7-8-15(2)16(19)3/h7-9,17-18H,5-6,10-14H2,1-4H3,(H,22,25)(H,23,26). The highest BCUT2D eigenvalue weighted by Gasteiger charge is 2.31. The van der Waals surface area contributed by atoms with Gasteiger partial charge in [-0.1, -0.05) is 25.5 Å². The molecule has 1 aliphatic rings. The molecule has 0 bridgehead atoms. The monoisotopic (exact) mass is 439 g/mol. The van der Waals surface area contributed by atoms with Gasteiger partial charge in [0, 0.05) is 19.0 Å². The molecule has 1 unspecified atom stereocenters. The molecule has 0 radical (unpaired) electrons. The molecule has 0 aromatic heterocycles. The number of piperidine rings is 1. The van der Waals surface area contributed by atoms with E-state index < -0.39 is 22.0 Å². The fourth-order valence-corrected chi connectivity index (χ4v) is 4.95. The van der Waals surface area contributed by atoms with Gasteiger partial charge in [0.05, 0.1) is 5.75 Å². The number of hydrogen-bond acceptors (Lipinski definition) is 5. The van der Waals surface area contributed by atoms with Gasteiger partial charge in [0.25, 0.3) is 5.91 Å². The summed E-state index contributed by atoms with van der Waals surface area (Å²) < 4.78 is 31.7. The van der Waals surface area contributed by atoms with Crippen LogP contribution in [-0.4, -0.2) is 49.5 Å². The number of benzene rings is 1. The fourth-order valence-electron chi connectivity index (χ4n) is 3.27. The van der Waals surface area contributed by atoms with Gasteiger partial charge in [-0.2, -0.15) is 0 Å². The van der Waals surface area contributed by atoms with Crippen LogP contribution in [-0.2, 0) is 19.6 Å². The third-order valence-corrected chi connectivity index (χ3v) is 7.47. The summed E-state index contributed by atoms with van der Waals surface area (Å²) in [5, 5.41) is 0. The second kappa shape index (κ2) is 10.8. The molecular formula is C21H33N3O5S. The van der Waals surface area contributed by atoms with Gasteiger partial charge in [-0.25, -0.2) is 12.7 Å². The second-order valence-electron chi connectivity index (χ2n) is 7.78. The van der Waals surface area contributed by atoms with Gasteiger partial charge in [-0.3, -0.25) is 20.4 Å². The number of nitrogens with one attached hydrogen (secondary N) is 2. The lowest BCUT2D eigenvalue weighted by molar-refractivity contribution is -0.134. The number of unbranched alkanes of at least 4 members (excludes halogenated alkanes) is 1. The van der Waals surface area contributed by atoms with Gasteiger partial charge >= 0.3 is 0 Å². The van der Waals surface area contributed by atoms with Gasteiger partial charge in [0.15, 0.2) is 6.10 Å². The van der Waals surface area contributed by atoms with E-state index >= 15 is 0 Å². The van der Waals surface area contributed by atoms with E-state index in [-0.39, 0.29) is 17.6 Å². The highest BCUT2D eigenvalue weighted by Crippen LogP contribution is 2.22. The summed E-state index contributed by atoms with van der Waals surface area (Å²) in [6.45, 7) is 8.10. The Balaban J connectivity index is 1.79. The van der Waals surface area contributed by atoms with Crippen molar-refractivity contribution in [3.63, 3.8) is 0 Å². The van der Waals surface area contributed by atoms with Crippen LogP contribution >= 0.6 is 0 Å². The molecule has 1 aromatic carbocycles. The molecule has 0 saturated carbocycles. The molecule has 1 atom stereocenters. The van der Waals surface area contributed by atoms with Gasteiger partial charge < -0.3 is 4.74 Å². The Morgan fingerprint density at radius 2 is 1.87 bits per heavy atom. The largest absolute Gasteiger partial charge is 0.481 e. The number of nitrogens with zero attached hydrogens (tertiary/aromatic N) is 1. The molecule has 2 amide bonds. The summed E-state index contributed by atoms with van der Waals surface area (Å²) >= 11 is 0. The first-order chi connectivity index (χ1) is 14.2. The molecule has 1 heterocycles. The average molecular weight is 440 g/mol. The lowest BCUT2D eigenvalue weighted by Gasteiger charge is -2.30. The van der Waals surface area contributed by atoms with Crippen LogP contribution in [0, 0.1) is 19.8 Å². The van der Waals surface area contributed by atoms with Crippen molar-refractivity contribution in [3.05, 3.63) is 29.3 Å². The zero-order valence-corrected chi connectivity index (χ0v) is 19.0. The number of hydrogen-bond donors (Lipinski definition) is 2. The minimum Gasteiger partial charge on any atom is -0.481 e. The van der Waals surface area contributed by atoms with Crippen molar-refractivity contribution in [3.8, 4) is 5.75 Å². The number of rotatable bonds is 8. The molecule has 0 aliphatic carbocycles. The number of carbonyl (C=O) groups is 2. The molecule has 1 aliphatic heterocycles. The molecule has 30 heavy (non-hydrogen) atoms. The summed E-state index contributed by atoms with van der Waals surface area (Å²) in [6.07, 6.45) is 1.54. The summed E-state index contributed by atoms with van der Waals surface area (Å²) in [7, 11) is -3.25. The Hall–Kier alpha value is -2.13. The minimum atomic E-state index is -3.25. The van der Waals surface area contributed by atoms with Crippen LogP contribution in [0.2, 0.25) is 0 Å². The molecule has 8 nitrogen and oxygen atoms in total. The van der Waals surface area contributed by atoms with E-state index in [9.17, 15) is 18.0 Å². The number of sulfonamides is 1. The zero-order valence-electron chi connectivity index (χ0n) is 18.2. The molecular weight excluding hydrogens is 406 g/mol. The average Bonchev–Trinajstić information content (AvgIpc) is 2.73. The molecule has 168 valence electrons. The van der Waals surface area contributed by atoms with Crippen LogP contribution in [0.15, 0.2) is 18.2 Å². The Morgan fingerprint density at radius 1 is 1.20 bits per heavy atom. The van der Waals surface area contributed by atoms with E-state index in [4.69, 9.17) is 4.74 Å². The van der Waals surface area contributed by atoms with Gasteiger partial charge in [-0.15, -0.1) is 0 Å². The summed E-state index contributed by atoms with van der Waals surface area (Å²) in [6, 6.07) is 5.62. The summed E-state index contributed by atoms with van der Waals surface area (Å²) in [5.41, 5.74) is 6.88. The topological polar surface area (TPSA) is 105 Å². The van der Waals surface area contributed by atoms with Crippen molar-refractivity contribution in [1.29, 1.82) is 0 Å². The zero-order chi connectivity index (χ0) is 22.3. The lowest BCUT2D eigenvalue weighted by atomic mass is 9.98. The maximum Gasteiger partial charge on any atom is 0.279 e. The molecule has 2 N–H and O–H groups in total. The van der Waals surface area contributed by atoms with Gasteiger partial charge in [0.1, 0.15) is 5.75 Å². The lowest BCUT2D eigenvalue weighted by Crippen LogP contribution is -2.51. The Morgan fingerprint density at radius 3 is 2.50 bits per heavy atom. The molecule has 1 fully saturated rings. The van der Waals surface area contributed by atoms with E-state index in [0.717, 1.165) is 17.5 Å². The van der Waals surface area contributed by atoms with Gasteiger partial charge in [0.2, 0.25) is 15.9 Å². The van der Waals surface area contributed by atoms with E-state index in [1.807, 2.05) is 32.9 Å². The van der Waals surface area contributed by atoms with E-state index in [0.29, 0.717) is 38.1 Å². The summed E-state index contributed by atoms with van der Waals surface area (Å²) in [5.74, 6) is -0.329. The predicted molar refractivity (Wildman–Crippen MR) is 115 cm³/mol. The van der Waals surface area contributed by atoms with Crippen molar-refractivity contribution in [2.45, 2.75) is 59.5 Å². The first kappa shape index (κ1) is 24.1. The van der Waals surface area contributed by atoms with Crippen molar-refractivity contribution >= 4 is 21.8 Å². The van der Waals surface area contributed by atoms with Crippen LogP contribution < -0.4 is 15.6 Å². The maximum absolute atomic E-state index is 12.4. The first-order valence-electron chi connectivity index (χ1n) is 10.5. The van der Waals surface area contributed by atoms with E-state index in [1.54, 1.807) is 13.0 Å². The third kappa shape index (κ3) is 6.43. The molecule has 2 rings (SSSR count). The fraction of sp³-hybridized carbons (Fsp3) is 0.619. The van der Waals surface area contributed by atoms with Crippen molar-refractivity contribution in [1.82, 2.24) is 15.2 Å². The maximum atomic E-state index is 12.4. The highest BCUT2D eigenvalue weighted by molar-refractivity contribution is 7.89. The minimum absolute atomic E-state index is 0.148. The van der Waals surface area contributed by atoms with Crippen LogP contribution in [0.1, 0.15) is 50.7 Å². The highest BCUT2D eigenvalue weighted by atomic mass is 32.2. The van der Waals surface area contributed by atoms with E-state index in [1.165, 1.54) is 4.31 Å². The SMILES string of the molecule is CCCCS(=O)(=O)N1CCC(C(=O)NNC(=O)C(C)Oc2cccc(C)c2C)CC1. The number of hydrazine groups is 1. The first-order valence-corrected chi connectivity index (χ1v) is 12.1. The molecule has 1 saturated heterocycles.